The van der Waals surface area contributed by atoms with E-state index in [4.69, 9.17) is 22.1 Å². The maximum atomic E-state index is 12.2. The second-order valence-corrected chi connectivity index (χ2v) is 4.66. The van der Waals surface area contributed by atoms with Gasteiger partial charge in [-0.1, -0.05) is 23.7 Å². The minimum Gasteiger partial charge on any atom is -0.197 e. The Labute approximate surface area is 114 Å². The number of alkyl halides is 3. The molecular weight excluding hydrogens is 277 g/mol. The van der Waals surface area contributed by atoms with Crippen molar-refractivity contribution in [3.63, 3.8) is 0 Å². The van der Waals surface area contributed by atoms with Gasteiger partial charge in [0.05, 0.1) is 12.1 Å². The predicted octanol–water partition coefficient (Wildman–Crippen LogP) is 4.26. The van der Waals surface area contributed by atoms with Crippen LogP contribution in [0.2, 0.25) is 5.02 Å². The highest BCUT2D eigenvalue weighted by Crippen LogP contribution is 2.33. The molecule has 0 atom stereocenters. The molecule has 0 saturated heterocycles. The van der Waals surface area contributed by atoms with Crippen LogP contribution in [0.4, 0.5) is 13.2 Å². The van der Waals surface area contributed by atoms with Gasteiger partial charge in [0.2, 0.25) is 0 Å². The average molecular weight is 287 g/mol. The van der Waals surface area contributed by atoms with E-state index in [1.54, 1.807) is 36.4 Å². The number of hydrogen-bond donors (Lipinski definition) is 0. The molecule has 0 aliphatic heterocycles. The normalized spacial score (nSPS) is 11.7. The molecule has 0 N–H and O–H groups in total. The smallest absolute Gasteiger partial charge is 0.197 e. The Bertz CT molecular complexity index is 512. The van der Waals surface area contributed by atoms with Crippen molar-refractivity contribution in [3.05, 3.63) is 34.9 Å². The number of halogens is 4. The zero-order chi connectivity index (χ0) is 14.5. The van der Waals surface area contributed by atoms with Crippen LogP contribution in [0.25, 0.3) is 0 Å². The van der Waals surface area contributed by atoms with Crippen LogP contribution >= 0.6 is 11.6 Å². The van der Waals surface area contributed by atoms with Gasteiger partial charge < -0.3 is 0 Å². The first kappa shape index (κ1) is 15.3. The maximum Gasteiger partial charge on any atom is 0.389 e. The lowest BCUT2D eigenvalue weighted by Gasteiger charge is -2.19. The fourth-order valence-electron chi connectivity index (χ4n) is 1.65. The van der Waals surface area contributed by atoms with E-state index in [1.807, 2.05) is 0 Å². The summed E-state index contributed by atoms with van der Waals surface area (Å²) in [5.41, 5.74) is -1.11. The minimum absolute atomic E-state index is 0.0728. The summed E-state index contributed by atoms with van der Waals surface area (Å²) >= 11 is 5.76. The molecular formula is C13H10ClF3N2. The molecule has 6 heteroatoms. The Hall–Kier alpha value is -1.72. The van der Waals surface area contributed by atoms with E-state index in [1.165, 1.54) is 0 Å². The molecule has 0 bridgehead atoms. The van der Waals surface area contributed by atoms with Crippen LogP contribution in [0.15, 0.2) is 24.3 Å². The Morgan fingerprint density at radius 3 is 2.21 bits per heavy atom. The van der Waals surface area contributed by atoms with Crippen molar-refractivity contribution in [2.75, 3.05) is 0 Å². The predicted molar refractivity (Wildman–Crippen MR) is 64.1 cm³/mol. The van der Waals surface area contributed by atoms with E-state index < -0.39 is 24.4 Å². The molecule has 0 spiro atoms. The summed E-state index contributed by atoms with van der Waals surface area (Å²) < 4.78 is 36.7. The number of hydrogen-bond acceptors (Lipinski definition) is 2. The van der Waals surface area contributed by atoms with Gasteiger partial charge in [-0.2, -0.15) is 23.7 Å². The fraction of sp³-hybridized carbons (Fsp3) is 0.385. The number of nitrogens with zero attached hydrogens (tertiary/aromatic N) is 2. The van der Waals surface area contributed by atoms with Gasteiger partial charge in [0.1, 0.15) is 5.41 Å². The molecule has 19 heavy (non-hydrogen) atoms. The maximum absolute atomic E-state index is 12.2. The lowest BCUT2D eigenvalue weighted by molar-refractivity contribution is -0.138. The molecule has 0 unspecified atom stereocenters. The minimum atomic E-state index is -4.38. The molecule has 0 saturated carbocycles. The van der Waals surface area contributed by atoms with Crippen molar-refractivity contribution in [2.24, 2.45) is 5.41 Å². The van der Waals surface area contributed by atoms with Gasteiger partial charge in [-0.15, -0.1) is 0 Å². The quantitative estimate of drug-likeness (QED) is 0.830. The molecule has 0 fully saturated rings. The van der Waals surface area contributed by atoms with Crippen LogP contribution in [0.3, 0.4) is 0 Å². The van der Waals surface area contributed by atoms with Crippen LogP contribution in [-0.2, 0) is 6.42 Å². The van der Waals surface area contributed by atoms with Gasteiger partial charge in [-0.3, -0.25) is 0 Å². The van der Waals surface area contributed by atoms with E-state index in [0.717, 1.165) is 0 Å². The lowest BCUT2D eigenvalue weighted by Crippen LogP contribution is -2.23. The summed E-state index contributed by atoms with van der Waals surface area (Å²) in [6, 6.07) is 9.81. The summed E-state index contributed by atoms with van der Waals surface area (Å²) in [7, 11) is 0. The highest BCUT2D eigenvalue weighted by Gasteiger charge is 2.37. The molecule has 100 valence electrons. The van der Waals surface area contributed by atoms with Gasteiger partial charge in [-0.25, -0.2) is 0 Å². The topological polar surface area (TPSA) is 47.6 Å². The monoisotopic (exact) mass is 286 g/mol. The third-order valence-electron chi connectivity index (χ3n) is 2.66. The van der Waals surface area contributed by atoms with E-state index >= 15 is 0 Å². The number of rotatable bonds is 4. The molecule has 1 aromatic rings. The molecule has 1 rings (SSSR count). The molecule has 0 heterocycles. The molecule has 2 nitrogen and oxygen atoms in total. The number of benzene rings is 1. The Morgan fingerprint density at radius 2 is 1.74 bits per heavy atom. The molecule has 0 amide bonds. The highest BCUT2D eigenvalue weighted by atomic mass is 35.5. The van der Waals surface area contributed by atoms with Gasteiger partial charge in [0.15, 0.2) is 0 Å². The van der Waals surface area contributed by atoms with Crippen LogP contribution < -0.4 is 0 Å². The summed E-state index contributed by atoms with van der Waals surface area (Å²) in [6.07, 6.45) is -6.16. The number of nitriles is 2. The first-order valence-electron chi connectivity index (χ1n) is 5.44. The largest absolute Gasteiger partial charge is 0.389 e. The Kier molecular flexibility index (Phi) is 4.80. The summed E-state index contributed by atoms with van der Waals surface area (Å²) in [6.45, 7) is 0. The van der Waals surface area contributed by atoms with E-state index in [2.05, 4.69) is 0 Å². The van der Waals surface area contributed by atoms with Gasteiger partial charge in [0, 0.05) is 17.9 Å². The van der Waals surface area contributed by atoms with E-state index in [0.29, 0.717) is 10.6 Å². The highest BCUT2D eigenvalue weighted by molar-refractivity contribution is 6.30. The average Bonchev–Trinajstić information content (AvgIpc) is 2.34. The fourth-order valence-corrected chi connectivity index (χ4v) is 1.87. The Balaban J connectivity index is 2.89. The third kappa shape index (κ3) is 4.81. The van der Waals surface area contributed by atoms with Gasteiger partial charge in [0.25, 0.3) is 0 Å². The zero-order valence-electron chi connectivity index (χ0n) is 9.84. The van der Waals surface area contributed by atoms with Crippen LogP contribution in [0.5, 0.6) is 0 Å². The first-order valence-corrected chi connectivity index (χ1v) is 5.82. The zero-order valence-corrected chi connectivity index (χ0v) is 10.6. The second kappa shape index (κ2) is 5.95. The van der Waals surface area contributed by atoms with Crippen molar-refractivity contribution >= 4 is 11.6 Å². The summed E-state index contributed by atoms with van der Waals surface area (Å²) in [4.78, 5) is 0. The molecule has 1 aromatic carbocycles. The van der Waals surface area contributed by atoms with Crippen molar-refractivity contribution in [1.29, 1.82) is 10.5 Å². The van der Waals surface area contributed by atoms with Crippen LogP contribution in [0.1, 0.15) is 18.4 Å². The van der Waals surface area contributed by atoms with Crippen LogP contribution in [0, 0.1) is 28.1 Å². The van der Waals surface area contributed by atoms with E-state index in [-0.39, 0.29) is 6.42 Å². The van der Waals surface area contributed by atoms with Gasteiger partial charge in [-0.05, 0) is 24.1 Å². The first-order chi connectivity index (χ1) is 8.80. The van der Waals surface area contributed by atoms with Gasteiger partial charge >= 0.3 is 6.18 Å². The third-order valence-corrected chi connectivity index (χ3v) is 2.89. The molecule has 0 aliphatic carbocycles. The molecule has 0 aromatic heterocycles. The standard InChI is InChI=1S/C13H10ClF3N2/c14-11-3-1-2-10(6-11)7-12(8-18,9-19)4-5-13(15,16)17/h1-3,6H,4-5,7H2. The van der Waals surface area contributed by atoms with Crippen molar-refractivity contribution in [3.8, 4) is 12.1 Å². The van der Waals surface area contributed by atoms with Crippen LogP contribution in [-0.4, -0.2) is 6.18 Å². The summed E-state index contributed by atoms with van der Waals surface area (Å²) in [5.74, 6) is 0. The molecule has 0 radical (unpaired) electrons. The molecule has 0 aliphatic rings. The van der Waals surface area contributed by atoms with E-state index in [9.17, 15) is 13.2 Å². The van der Waals surface area contributed by atoms with Crippen molar-refractivity contribution < 1.29 is 13.2 Å². The SMILES string of the molecule is N#CC(C#N)(CCC(F)(F)F)Cc1cccc(Cl)c1. The van der Waals surface area contributed by atoms with Crippen molar-refractivity contribution in [1.82, 2.24) is 0 Å². The Morgan fingerprint density at radius 1 is 1.11 bits per heavy atom. The lowest BCUT2D eigenvalue weighted by atomic mass is 9.80. The summed E-state index contributed by atoms with van der Waals surface area (Å²) in [5, 5.41) is 18.5. The second-order valence-electron chi connectivity index (χ2n) is 4.23. The van der Waals surface area contributed by atoms with Crippen molar-refractivity contribution in [2.45, 2.75) is 25.4 Å².